The van der Waals surface area contributed by atoms with Crippen molar-refractivity contribution < 1.29 is 97.2 Å². The van der Waals surface area contributed by atoms with E-state index in [1.165, 1.54) is 36.9 Å². The van der Waals surface area contributed by atoms with Crippen molar-refractivity contribution in [3.8, 4) is 0 Å². The first-order valence-corrected chi connectivity index (χ1v) is 25.9. The highest BCUT2D eigenvalue weighted by atomic mass is 16.6. The molecule has 30 nitrogen and oxygen atoms in total. The van der Waals surface area contributed by atoms with Crippen LogP contribution < -0.4 is 28.3 Å². The molecule has 0 saturated heterocycles. The first-order chi connectivity index (χ1) is 37.1. The number of likely N-dealkylation sites (N-methyl/N-ethyl adjacent to an activating group) is 1. The van der Waals surface area contributed by atoms with Gasteiger partial charge in [-0.3, -0.25) is 9.69 Å². The molecule has 0 unspecified atom stereocenters. The SMILES string of the molecule is CCCOCCOCCOCCOCCN(CCCCCCN(C)C(=O)O[C@@H]([C@@H]1OC(C(=O)O)=C[C@H](N=C(N)N)[C@H]1NC(C)=O)[C@H](O)CO)CCOCCN(C)C(=O)O[C@@H]([C@@H]1OC(C(=O)O)=C[C@H](N=C(N)N)[C@H]1C)[C@H](O)CO. The molecule has 448 valence electrons. The van der Waals surface area contributed by atoms with Gasteiger partial charge in [-0.2, -0.15) is 0 Å². The fourth-order valence-electron chi connectivity index (χ4n) is 7.91. The number of carboxylic acid groups (broad SMARTS) is 2. The fraction of sp³-hybridized carbons (Fsp3) is 0.771. The van der Waals surface area contributed by atoms with Crippen LogP contribution in [0.1, 0.15) is 52.9 Å². The number of aliphatic hydroxyl groups is 4. The molecule has 0 spiro atoms. The second-order valence-corrected chi connectivity index (χ2v) is 18.4. The number of nitrogens with two attached hydrogens (primary N) is 4. The van der Waals surface area contributed by atoms with Crippen molar-refractivity contribution in [2.45, 2.75) is 108 Å². The molecule has 0 aromatic heterocycles. The number of guanidine groups is 2. The van der Waals surface area contributed by atoms with Crippen LogP contribution in [0.2, 0.25) is 0 Å². The highest BCUT2D eigenvalue weighted by Gasteiger charge is 2.47. The molecule has 30 heteroatoms. The number of carbonyl (C=O) groups is 5. The van der Waals surface area contributed by atoms with Crippen LogP contribution in [-0.4, -0.2) is 268 Å². The Morgan fingerprint density at radius 2 is 1.03 bits per heavy atom. The van der Waals surface area contributed by atoms with Crippen LogP contribution in [0.25, 0.3) is 0 Å². The summed E-state index contributed by atoms with van der Waals surface area (Å²) >= 11 is 0. The summed E-state index contributed by atoms with van der Waals surface area (Å²) in [7, 11) is 2.90. The number of hydrogen-bond acceptors (Lipinski definition) is 21. The minimum Gasteiger partial charge on any atom is -0.479 e. The summed E-state index contributed by atoms with van der Waals surface area (Å²) in [4.78, 5) is 75.3. The van der Waals surface area contributed by atoms with Crippen LogP contribution >= 0.6 is 0 Å². The Hall–Kier alpha value is -5.83. The maximum atomic E-state index is 13.4. The molecule has 0 radical (unpaired) electrons. The van der Waals surface area contributed by atoms with Gasteiger partial charge in [0.1, 0.15) is 18.3 Å². The number of rotatable bonds is 40. The molecule has 15 N–H and O–H groups in total. The molecule has 0 bridgehead atoms. The van der Waals surface area contributed by atoms with Crippen molar-refractivity contribution in [3.63, 3.8) is 0 Å². The monoisotopic (exact) mass is 1120 g/mol. The molecule has 0 aromatic carbocycles. The Morgan fingerprint density at radius 3 is 1.50 bits per heavy atom. The Bertz CT molecular complexity index is 1930. The van der Waals surface area contributed by atoms with Crippen LogP contribution in [0.4, 0.5) is 9.59 Å². The van der Waals surface area contributed by atoms with E-state index in [0.717, 1.165) is 25.3 Å². The molecule has 2 rings (SSSR count). The van der Waals surface area contributed by atoms with Gasteiger partial charge in [0, 0.05) is 59.7 Å². The van der Waals surface area contributed by atoms with E-state index in [0.29, 0.717) is 85.3 Å². The zero-order valence-corrected chi connectivity index (χ0v) is 45.4. The van der Waals surface area contributed by atoms with Gasteiger partial charge in [0.15, 0.2) is 30.2 Å². The molecule has 2 aliphatic rings. The molecular weight excluding hydrogens is 1040 g/mol. The lowest BCUT2D eigenvalue weighted by molar-refractivity contribution is -0.148. The average molecular weight is 1120 g/mol. The third-order valence-electron chi connectivity index (χ3n) is 12.1. The normalized spacial score (nSPS) is 20.5. The van der Waals surface area contributed by atoms with Gasteiger partial charge < -0.3 is 111 Å². The van der Waals surface area contributed by atoms with E-state index in [1.54, 1.807) is 6.92 Å². The molecule has 0 aromatic rings. The molecule has 2 heterocycles. The first kappa shape index (κ1) is 68.3. The molecular formula is C48H86N10O20. The lowest BCUT2D eigenvalue weighted by Gasteiger charge is -2.40. The summed E-state index contributed by atoms with van der Waals surface area (Å²) in [6.07, 6.45) is -5.36. The number of ether oxygens (including phenoxy) is 9. The Kier molecular flexibility index (Phi) is 33.2. The van der Waals surface area contributed by atoms with Gasteiger partial charge >= 0.3 is 24.1 Å². The molecule has 78 heavy (non-hydrogen) atoms. The number of aliphatic imine (C=N–C) groups is 2. The predicted octanol–water partition coefficient (Wildman–Crippen LogP) is -2.92. The Labute approximate surface area is 454 Å². The summed E-state index contributed by atoms with van der Waals surface area (Å²) in [5, 5.41) is 63.1. The minimum absolute atomic E-state index is 0.0546. The number of nitrogens with zero attached hydrogens (tertiary/aromatic N) is 5. The molecule has 0 aliphatic carbocycles. The second-order valence-electron chi connectivity index (χ2n) is 18.4. The third kappa shape index (κ3) is 25.8. The zero-order chi connectivity index (χ0) is 58.2. The average Bonchev–Trinajstić information content (AvgIpc) is 3.41. The summed E-state index contributed by atoms with van der Waals surface area (Å²) in [5.41, 5.74) is 22.2. The van der Waals surface area contributed by atoms with E-state index < -0.39 is 121 Å². The van der Waals surface area contributed by atoms with E-state index >= 15 is 0 Å². The maximum Gasteiger partial charge on any atom is 0.410 e. The van der Waals surface area contributed by atoms with Crippen molar-refractivity contribution in [3.05, 3.63) is 23.7 Å². The highest BCUT2D eigenvalue weighted by molar-refractivity contribution is 5.86. The first-order valence-electron chi connectivity index (χ1n) is 25.9. The fourth-order valence-corrected chi connectivity index (χ4v) is 7.91. The van der Waals surface area contributed by atoms with E-state index in [1.807, 2.05) is 6.92 Å². The summed E-state index contributed by atoms with van der Waals surface area (Å²) in [6.45, 7) is 9.05. The topological polar surface area (TPSA) is 440 Å². The van der Waals surface area contributed by atoms with Crippen molar-refractivity contribution in [1.29, 1.82) is 0 Å². The summed E-state index contributed by atoms with van der Waals surface area (Å²) in [5.74, 6) is -6.21. The van der Waals surface area contributed by atoms with Gasteiger partial charge in [-0.1, -0.05) is 26.7 Å². The number of aliphatic hydroxyl groups excluding tert-OH is 4. The second kappa shape index (κ2) is 37.9. The minimum atomic E-state index is -1.77. The largest absolute Gasteiger partial charge is 0.479 e. The molecule has 0 fully saturated rings. The van der Waals surface area contributed by atoms with Crippen molar-refractivity contribution in [1.82, 2.24) is 20.0 Å². The quantitative estimate of drug-likeness (QED) is 0.0166. The highest BCUT2D eigenvalue weighted by Crippen LogP contribution is 2.31. The molecule has 2 aliphatic heterocycles. The van der Waals surface area contributed by atoms with Gasteiger partial charge in [0.25, 0.3) is 0 Å². The van der Waals surface area contributed by atoms with Crippen molar-refractivity contribution >= 4 is 42.0 Å². The predicted molar refractivity (Wildman–Crippen MR) is 278 cm³/mol. The summed E-state index contributed by atoms with van der Waals surface area (Å²) in [6, 6.07) is -3.34. The molecule has 10 atom stereocenters. The smallest absolute Gasteiger partial charge is 0.410 e. The lowest BCUT2D eigenvalue weighted by atomic mass is 9.87. The molecule has 3 amide bonds. The standard InChI is InChI=1S/C48H86N10O20/c1-6-16-70-20-22-73-24-25-74-23-21-72-19-15-58(14-18-71-17-13-57(5)48(69)77-40(34(62)28-59)39-30(2)32(54-45(49)50)26-36(75-39)43(64)65)12-10-8-7-9-11-56(4)47(68)78-41(35(63)29-60)42-38(53-31(3)61)33(55-46(51)52)27-37(76-42)44(66)67/h26-27,30,32-35,38-42,59-60,62-63H,6-25,28-29H2,1-5H3,(H,53,61)(H,64,65)(H,66,67)(H4,49,50,54)(H4,51,52,55)/t30-,32+,33+,34-,35-,38-,39-,40-,41-,42-/m1/s1. The van der Waals surface area contributed by atoms with Crippen LogP contribution in [0.5, 0.6) is 0 Å². The van der Waals surface area contributed by atoms with Gasteiger partial charge in [-0.05, 0) is 38.0 Å². The maximum absolute atomic E-state index is 13.4. The Balaban J connectivity index is 1.99. The number of aliphatic carboxylic acids is 2. The molecule has 0 saturated carbocycles. The number of nitrogens with one attached hydrogen (secondary N) is 1. The van der Waals surface area contributed by atoms with E-state index in [2.05, 4.69) is 20.2 Å². The lowest BCUT2D eigenvalue weighted by Crippen LogP contribution is -2.61. The number of unbranched alkanes of at least 4 members (excludes halogenated alkanes) is 3. The third-order valence-corrected chi connectivity index (χ3v) is 12.1. The van der Waals surface area contributed by atoms with Gasteiger partial charge in [-0.25, -0.2) is 29.2 Å². The van der Waals surface area contributed by atoms with Crippen LogP contribution in [0.15, 0.2) is 33.7 Å². The summed E-state index contributed by atoms with van der Waals surface area (Å²) < 4.78 is 50.6. The number of hydrogen-bond donors (Lipinski definition) is 11. The van der Waals surface area contributed by atoms with Crippen LogP contribution in [0, 0.1) is 5.92 Å². The van der Waals surface area contributed by atoms with Crippen molar-refractivity contribution in [2.75, 3.05) is 126 Å². The number of amides is 3. The van der Waals surface area contributed by atoms with Crippen molar-refractivity contribution in [2.24, 2.45) is 38.8 Å². The Morgan fingerprint density at radius 1 is 0.615 bits per heavy atom. The van der Waals surface area contributed by atoms with Gasteiger partial charge in [-0.15, -0.1) is 0 Å². The van der Waals surface area contributed by atoms with E-state index in [4.69, 9.17) is 65.6 Å². The van der Waals surface area contributed by atoms with E-state index in [9.17, 15) is 54.6 Å². The van der Waals surface area contributed by atoms with Gasteiger partial charge in [0.05, 0.1) is 90.8 Å². The number of carboxylic acids is 2. The van der Waals surface area contributed by atoms with Gasteiger partial charge in [0.2, 0.25) is 17.4 Å². The van der Waals surface area contributed by atoms with Crippen LogP contribution in [-0.2, 0) is 57.0 Å². The van der Waals surface area contributed by atoms with E-state index in [-0.39, 0.29) is 32.3 Å². The number of carbonyl (C=O) groups excluding carboxylic acids is 3. The van der Waals surface area contributed by atoms with Crippen LogP contribution in [0.3, 0.4) is 0 Å². The zero-order valence-electron chi connectivity index (χ0n) is 45.4.